The smallest absolute Gasteiger partial charge is 0.140 e. The fourth-order valence-electron chi connectivity index (χ4n) is 5.55. The summed E-state index contributed by atoms with van der Waals surface area (Å²) in [4.78, 5) is 2.63. The molecule has 2 aromatic rings. The second-order valence-electron chi connectivity index (χ2n) is 8.90. The van der Waals surface area contributed by atoms with Crippen LogP contribution in [0.3, 0.4) is 0 Å². The van der Waals surface area contributed by atoms with Gasteiger partial charge in [0.25, 0.3) is 0 Å². The molecule has 1 saturated carbocycles. The van der Waals surface area contributed by atoms with Crippen LogP contribution in [0.2, 0.25) is 0 Å². The maximum absolute atomic E-state index is 6.87. The quantitative estimate of drug-likeness (QED) is 0.832. The van der Waals surface area contributed by atoms with Gasteiger partial charge in [-0.3, -0.25) is 4.90 Å². The summed E-state index contributed by atoms with van der Waals surface area (Å²) in [7, 11) is 0. The predicted molar refractivity (Wildman–Crippen MR) is 114 cm³/mol. The van der Waals surface area contributed by atoms with Gasteiger partial charge >= 0.3 is 0 Å². The third-order valence-electron chi connectivity index (χ3n) is 7.15. The second-order valence-corrected chi connectivity index (χ2v) is 8.90. The van der Waals surface area contributed by atoms with Gasteiger partial charge in [0.15, 0.2) is 0 Å². The first-order chi connectivity index (χ1) is 13.8. The summed E-state index contributed by atoms with van der Waals surface area (Å²) in [5.74, 6) is 1.77. The molecule has 0 spiro atoms. The van der Waals surface area contributed by atoms with Crippen LogP contribution in [0.5, 0.6) is 5.75 Å². The van der Waals surface area contributed by atoms with Crippen LogP contribution in [0, 0.1) is 0 Å². The fourth-order valence-corrected chi connectivity index (χ4v) is 5.55. The number of hydrogen-bond donors (Lipinski definition) is 1. The zero-order valence-electron chi connectivity index (χ0n) is 16.7. The van der Waals surface area contributed by atoms with Gasteiger partial charge < -0.3 is 10.5 Å². The summed E-state index contributed by atoms with van der Waals surface area (Å²) in [5, 5.41) is 0. The number of para-hydroxylation sites is 1. The number of nitrogens with zero attached hydrogens (tertiary/aromatic N) is 1. The number of benzene rings is 2. The van der Waals surface area contributed by atoms with Crippen LogP contribution in [0.15, 0.2) is 48.5 Å². The van der Waals surface area contributed by atoms with Crippen molar-refractivity contribution in [3.63, 3.8) is 0 Å². The Morgan fingerprint density at radius 3 is 2.29 bits per heavy atom. The first-order valence-electron chi connectivity index (χ1n) is 11.1. The lowest BCUT2D eigenvalue weighted by molar-refractivity contribution is 0.0603. The number of hydrogen-bond acceptors (Lipinski definition) is 3. The molecule has 148 valence electrons. The van der Waals surface area contributed by atoms with Gasteiger partial charge in [0.2, 0.25) is 0 Å². The Kier molecular flexibility index (Phi) is 5.13. The van der Waals surface area contributed by atoms with E-state index in [4.69, 9.17) is 10.5 Å². The first kappa shape index (κ1) is 18.2. The van der Waals surface area contributed by atoms with Crippen LogP contribution in [0.1, 0.15) is 67.2 Å². The zero-order valence-corrected chi connectivity index (χ0v) is 16.7. The van der Waals surface area contributed by atoms with Crippen molar-refractivity contribution in [2.45, 2.75) is 69.1 Å². The van der Waals surface area contributed by atoms with Gasteiger partial charge in [-0.1, -0.05) is 55.3 Å². The predicted octanol–water partition coefficient (Wildman–Crippen LogP) is 4.81. The van der Waals surface area contributed by atoms with Crippen LogP contribution >= 0.6 is 0 Å². The molecule has 1 saturated heterocycles. The van der Waals surface area contributed by atoms with Crippen molar-refractivity contribution in [2.75, 3.05) is 13.1 Å². The molecule has 1 aliphatic heterocycles. The van der Waals surface area contributed by atoms with E-state index in [0.29, 0.717) is 18.0 Å². The maximum Gasteiger partial charge on any atom is 0.140 e. The third-order valence-corrected chi connectivity index (χ3v) is 7.15. The molecule has 0 radical (unpaired) electrons. The normalized spacial score (nSPS) is 26.5. The number of nitrogens with two attached hydrogens (primary N) is 1. The average Bonchev–Trinajstić information content (AvgIpc) is 3.38. The number of rotatable bonds is 4. The molecule has 2 atom stereocenters. The summed E-state index contributed by atoms with van der Waals surface area (Å²) in [6.07, 6.45) is 8.69. The molecule has 0 bridgehead atoms. The summed E-state index contributed by atoms with van der Waals surface area (Å²) in [6, 6.07) is 18.4. The number of likely N-dealkylation sites (tertiary alicyclic amines) is 1. The van der Waals surface area contributed by atoms with Crippen molar-refractivity contribution >= 4 is 0 Å². The van der Waals surface area contributed by atoms with E-state index in [1.54, 1.807) is 0 Å². The Morgan fingerprint density at radius 2 is 1.50 bits per heavy atom. The summed E-state index contributed by atoms with van der Waals surface area (Å²) in [5.41, 5.74) is 10.4. The lowest BCUT2D eigenvalue weighted by atomic mass is 9.96. The number of ether oxygens (including phenoxy) is 1. The summed E-state index contributed by atoms with van der Waals surface area (Å²) >= 11 is 0. The molecule has 1 heterocycles. The van der Waals surface area contributed by atoms with E-state index in [9.17, 15) is 0 Å². The van der Waals surface area contributed by atoms with Gasteiger partial charge in [-0.15, -0.1) is 0 Å². The highest BCUT2D eigenvalue weighted by Crippen LogP contribution is 2.43. The monoisotopic (exact) mass is 376 g/mol. The van der Waals surface area contributed by atoms with Gasteiger partial charge in [0.05, 0.1) is 6.04 Å². The Morgan fingerprint density at radius 1 is 0.821 bits per heavy atom. The Hall–Kier alpha value is -1.84. The van der Waals surface area contributed by atoms with E-state index in [0.717, 1.165) is 38.1 Å². The van der Waals surface area contributed by atoms with E-state index in [1.807, 2.05) is 0 Å². The highest BCUT2D eigenvalue weighted by molar-refractivity contribution is 5.41. The van der Waals surface area contributed by atoms with E-state index in [2.05, 4.69) is 53.4 Å². The molecule has 3 heteroatoms. The Labute approximate surface area is 168 Å². The summed E-state index contributed by atoms with van der Waals surface area (Å²) < 4.78 is 6.87. The minimum atomic E-state index is 0.119. The van der Waals surface area contributed by atoms with Gasteiger partial charge in [-0.05, 0) is 60.8 Å². The lowest BCUT2D eigenvalue weighted by Gasteiger charge is -2.38. The Bertz CT molecular complexity index is 806. The van der Waals surface area contributed by atoms with Crippen molar-refractivity contribution < 1.29 is 4.74 Å². The number of fused-ring (bicyclic) bond motifs is 1. The van der Waals surface area contributed by atoms with Crippen molar-refractivity contribution in [1.82, 2.24) is 4.90 Å². The highest BCUT2D eigenvalue weighted by atomic mass is 16.5. The molecule has 5 rings (SSSR count). The van der Waals surface area contributed by atoms with Crippen LogP contribution in [-0.4, -0.2) is 30.1 Å². The molecule has 3 aliphatic rings. The molecule has 0 amide bonds. The summed E-state index contributed by atoms with van der Waals surface area (Å²) in [6.45, 7) is 2.17. The van der Waals surface area contributed by atoms with Crippen LogP contribution in [0.4, 0.5) is 0 Å². The van der Waals surface area contributed by atoms with Crippen molar-refractivity contribution in [2.24, 2.45) is 5.73 Å². The SMILES string of the molecule is NC1CCN([C@@H]2Cc3ccccc3[C@H]2Oc2ccccc2C2CCCC2)CC1. The molecule has 28 heavy (non-hydrogen) atoms. The van der Waals surface area contributed by atoms with E-state index < -0.39 is 0 Å². The number of piperidine rings is 1. The zero-order chi connectivity index (χ0) is 18.9. The van der Waals surface area contributed by atoms with Crippen molar-refractivity contribution in [1.29, 1.82) is 0 Å². The largest absolute Gasteiger partial charge is 0.484 e. The molecule has 0 unspecified atom stereocenters. The van der Waals surface area contributed by atoms with E-state index in [-0.39, 0.29) is 6.10 Å². The minimum absolute atomic E-state index is 0.119. The van der Waals surface area contributed by atoms with E-state index >= 15 is 0 Å². The fraction of sp³-hybridized carbons (Fsp3) is 0.520. The third kappa shape index (κ3) is 3.46. The Balaban J connectivity index is 1.44. The molecule has 2 aliphatic carbocycles. The van der Waals surface area contributed by atoms with Crippen LogP contribution in [0.25, 0.3) is 0 Å². The second kappa shape index (κ2) is 7.88. The maximum atomic E-state index is 6.87. The molecule has 2 fully saturated rings. The van der Waals surface area contributed by atoms with Crippen molar-refractivity contribution in [3.8, 4) is 5.75 Å². The average molecular weight is 377 g/mol. The van der Waals surface area contributed by atoms with Gasteiger partial charge in [-0.25, -0.2) is 0 Å². The molecular formula is C25H32N2O. The minimum Gasteiger partial charge on any atom is -0.484 e. The molecule has 3 nitrogen and oxygen atoms in total. The molecule has 2 N–H and O–H groups in total. The van der Waals surface area contributed by atoms with Crippen LogP contribution < -0.4 is 10.5 Å². The topological polar surface area (TPSA) is 38.5 Å². The van der Waals surface area contributed by atoms with Gasteiger partial charge in [-0.2, -0.15) is 0 Å². The van der Waals surface area contributed by atoms with Gasteiger partial charge in [0.1, 0.15) is 11.9 Å². The van der Waals surface area contributed by atoms with Gasteiger partial charge in [0, 0.05) is 19.1 Å². The molecular weight excluding hydrogens is 344 g/mol. The highest BCUT2D eigenvalue weighted by Gasteiger charge is 2.39. The molecule has 0 aromatic heterocycles. The standard InChI is InChI=1S/C25H32N2O/c26-20-13-15-27(16-14-20)23-17-19-9-3-4-11-22(19)25(23)28-24-12-6-5-10-21(24)18-7-1-2-8-18/h3-6,9-12,18,20,23,25H,1-2,7-8,13-17,26H2/t23-,25-/m1/s1. The van der Waals surface area contributed by atoms with Crippen molar-refractivity contribution in [3.05, 3.63) is 65.2 Å². The lowest BCUT2D eigenvalue weighted by Crippen LogP contribution is -2.47. The van der Waals surface area contributed by atoms with E-state index in [1.165, 1.54) is 42.4 Å². The molecule has 2 aromatic carbocycles. The van der Waals surface area contributed by atoms with Crippen LogP contribution in [-0.2, 0) is 6.42 Å². The first-order valence-corrected chi connectivity index (χ1v) is 11.1.